The summed E-state index contributed by atoms with van der Waals surface area (Å²) < 4.78 is 4.89. The minimum atomic E-state index is -0.227. The summed E-state index contributed by atoms with van der Waals surface area (Å²) in [6.07, 6.45) is 5.35. The zero-order valence-electron chi connectivity index (χ0n) is 8.66. The van der Waals surface area contributed by atoms with Gasteiger partial charge in [-0.15, -0.1) is 0 Å². The van der Waals surface area contributed by atoms with Crippen molar-refractivity contribution >= 4 is 5.97 Å². The number of carbonyl (C=O) groups excluding carboxylic acids is 1. The van der Waals surface area contributed by atoms with E-state index in [4.69, 9.17) is 10.00 Å². The molecule has 0 aromatic carbocycles. The Balaban J connectivity index is 2.27. The fourth-order valence-corrected chi connectivity index (χ4v) is 2.08. The molecule has 0 aromatic rings. The van der Waals surface area contributed by atoms with Gasteiger partial charge in [0, 0.05) is 12.8 Å². The van der Waals surface area contributed by atoms with Crippen molar-refractivity contribution in [3.05, 3.63) is 0 Å². The topological polar surface area (TPSA) is 50.1 Å². The van der Waals surface area contributed by atoms with E-state index < -0.39 is 0 Å². The third kappa shape index (κ3) is 3.37. The summed E-state index contributed by atoms with van der Waals surface area (Å²) in [6, 6.07) is 2.35. The van der Waals surface area contributed by atoms with Crippen molar-refractivity contribution in [3.63, 3.8) is 0 Å². The lowest BCUT2D eigenvalue weighted by Gasteiger charge is -2.26. The Morgan fingerprint density at radius 3 is 2.86 bits per heavy atom. The Morgan fingerprint density at radius 2 is 2.21 bits per heavy atom. The van der Waals surface area contributed by atoms with Gasteiger partial charge in [0.05, 0.1) is 12.7 Å². The number of hydrogen-bond acceptors (Lipinski definition) is 3. The first-order valence-corrected chi connectivity index (χ1v) is 5.27. The third-order valence-electron chi connectivity index (χ3n) is 2.87. The fraction of sp³-hybridized carbons (Fsp3) is 0.818. The lowest BCUT2D eigenvalue weighted by molar-refractivity contribution is -0.141. The first kappa shape index (κ1) is 11.0. The Morgan fingerprint density at radius 1 is 1.50 bits per heavy atom. The highest BCUT2D eigenvalue weighted by Crippen LogP contribution is 2.31. The fourth-order valence-electron chi connectivity index (χ4n) is 2.08. The van der Waals surface area contributed by atoms with Crippen LogP contribution in [0.4, 0.5) is 0 Å². The maximum Gasteiger partial charge on any atom is 0.302 e. The maximum absolute atomic E-state index is 10.5. The van der Waals surface area contributed by atoms with Crippen LogP contribution in [-0.2, 0) is 9.53 Å². The zero-order valence-corrected chi connectivity index (χ0v) is 8.66. The smallest absolute Gasteiger partial charge is 0.302 e. The van der Waals surface area contributed by atoms with Gasteiger partial charge in [-0.25, -0.2) is 0 Å². The second-order valence-corrected chi connectivity index (χ2v) is 3.91. The van der Waals surface area contributed by atoms with Gasteiger partial charge in [-0.2, -0.15) is 5.26 Å². The van der Waals surface area contributed by atoms with Gasteiger partial charge in [0.15, 0.2) is 0 Å². The number of nitrogens with zero attached hydrogens (tertiary/aromatic N) is 1. The van der Waals surface area contributed by atoms with E-state index in [9.17, 15) is 4.79 Å². The molecular weight excluding hydrogens is 178 g/mol. The quantitative estimate of drug-likeness (QED) is 0.649. The van der Waals surface area contributed by atoms with E-state index in [0.29, 0.717) is 12.5 Å². The molecule has 1 fully saturated rings. The van der Waals surface area contributed by atoms with E-state index >= 15 is 0 Å². The van der Waals surface area contributed by atoms with E-state index in [2.05, 4.69) is 6.07 Å². The predicted molar refractivity (Wildman–Crippen MR) is 52.3 cm³/mol. The van der Waals surface area contributed by atoms with E-state index in [1.807, 2.05) is 0 Å². The van der Waals surface area contributed by atoms with Crippen LogP contribution in [0.15, 0.2) is 0 Å². The summed E-state index contributed by atoms with van der Waals surface area (Å²) in [6.45, 7) is 1.89. The summed E-state index contributed by atoms with van der Waals surface area (Å²) >= 11 is 0. The van der Waals surface area contributed by atoms with Gasteiger partial charge in [0.25, 0.3) is 0 Å². The van der Waals surface area contributed by atoms with Crippen LogP contribution in [0, 0.1) is 23.2 Å². The molecule has 2 atom stereocenters. The number of esters is 1. The van der Waals surface area contributed by atoms with Crippen molar-refractivity contribution in [3.8, 4) is 6.07 Å². The first-order chi connectivity index (χ1) is 6.74. The molecule has 2 unspecified atom stereocenters. The van der Waals surface area contributed by atoms with Gasteiger partial charge in [0.1, 0.15) is 0 Å². The van der Waals surface area contributed by atoms with E-state index in [1.165, 1.54) is 19.8 Å². The molecule has 0 bridgehead atoms. The van der Waals surface area contributed by atoms with E-state index in [0.717, 1.165) is 19.3 Å². The zero-order chi connectivity index (χ0) is 10.4. The van der Waals surface area contributed by atoms with Crippen molar-refractivity contribution in [2.45, 2.75) is 39.0 Å². The Bertz CT molecular complexity index is 232. The Labute approximate surface area is 85.1 Å². The average molecular weight is 195 g/mol. The SMILES string of the molecule is CC(=O)OCCC1CCCCC1C#N. The molecule has 0 amide bonds. The second-order valence-electron chi connectivity index (χ2n) is 3.91. The standard InChI is InChI=1S/C11H17NO2/c1-9(13)14-7-6-10-4-2-3-5-11(10)8-12/h10-11H,2-7H2,1H3. The van der Waals surface area contributed by atoms with Crippen molar-refractivity contribution < 1.29 is 9.53 Å². The number of ether oxygens (including phenoxy) is 1. The predicted octanol–water partition coefficient (Wildman–Crippen LogP) is 2.27. The lowest BCUT2D eigenvalue weighted by Crippen LogP contribution is -2.20. The molecule has 0 radical (unpaired) electrons. The highest BCUT2D eigenvalue weighted by atomic mass is 16.5. The van der Waals surface area contributed by atoms with Crippen LogP contribution < -0.4 is 0 Å². The molecule has 3 nitrogen and oxygen atoms in total. The average Bonchev–Trinajstić information content (AvgIpc) is 2.18. The van der Waals surface area contributed by atoms with Crippen LogP contribution >= 0.6 is 0 Å². The van der Waals surface area contributed by atoms with Crippen LogP contribution in [0.25, 0.3) is 0 Å². The summed E-state index contributed by atoms with van der Waals surface area (Å²) in [7, 11) is 0. The number of rotatable bonds is 3. The monoisotopic (exact) mass is 195 g/mol. The van der Waals surface area contributed by atoms with Gasteiger partial charge in [-0.3, -0.25) is 4.79 Å². The maximum atomic E-state index is 10.5. The molecular formula is C11H17NO2. The van der Waals surface area contributed by atoms with Crippen LogP contribution in [0.5, 0.6) is 0 Å². The van der Waals surface area contributed by atoms with Crippen LogP contribution in [-0.4, -0.2) is 12.6 Å². The highest BCUT2D eigenvalue weighted by Gasteiger charge is 2.24. The molecule has 0 saturated heterocycles. The molecule has 0 spiro atoms. The Kier molecular flexibility index (Phi) is 4.45. The van der Waals surface area contributed by atoms with Crippen LogP contribution in [0.2, 0.25) is 0 Å². The summed E-state index contributed by atoms with van der Waals surface area (Å²) in [4.78, 5) is 10.5. The van der Waals surface area contributed by atoms with Crippen LogP contribution in [0.3, 0.4) is 0 Å². The summed E-state index contributed by atoms with van der Waals surface area (Å²) in [5, 5.41) is 8.91. The molecule has 1 saturated carbocycles. The lowest BCUT2D eigenvalue weighted by atomic mass is 9.78. The molecule has 0 heterocycles. The van der Waals surface area contributed by atoms with Crippen molar-refractivity contribution in [2.24, 2.45) is 11.8 Å². The number of hydrogen-bond donors (Lipinski definition) is 0. The number of carbonyl (C=O) groups is 1. The van der Waals surface area contributed by atoms with Gasteiger partial charge in [-0.05, 0) is 25.2 Å². The van der Waals surface area contributed by atoms with Crippen molar-refractivity contribution in [1.29, 1.82) is 5.26 Å². The van der Waals surface area contributed by atoms with E-state index in [-0.39, 0.29) is 11.9 Å². The third-order valence-corrected chi connectivity index (χ3v) is 2.87. The van der Waals surface area contributed by atoms with Crippen LogP contribution in [0.1, 0.15) is 39.0 Å². The first-order valence-electron chi connectivity index (χ1n) is 5.27. The molecule has 1 rings (SSSR count). The normalized spacial score (nSPS) is 26.6. The van der Waals surface area contributed by atoms with Gasteiger partial charge >= 0.3 is 5.97 Å². The largest absolute Gasteiger partial charge is 0.466 e. The minimum absolute atomic E-state index is 0.180. The molecule has 14 heavy (non-hydrogen) atoms. The summed E-state index contributed by atoms with van der Waals surface area (Å²) in [5.74, 6) is 0.390. The molecule has 0 N–H and O–H groups in total. The molecule has 3 heteroatoms. The van der Waals surface area contributed by atoms with Gasteiger partial charge in [0.2, 0.25) is 0 Å². The second kappa shape index (κ2) is 5.64. The van der Waals surface area contributed by atoms with E-state index in [1.54, 1.807) is 0 Å². The molecule has 1 aliphatic carbocycles. The highest BCUT2D eigenvalue weighted by molar-refractivity contribution is 5.65. The Hall–Kier alpha value is -1.04. The number of nitriles is 1. The van der Waals surface area contributed by atoms with Crippen molar-refractivity contribution in [1.82, 2.24) is 0 Å². The molecule has 0 aliphatic heterocycles. The minimum Gasteiger partial charge on any atom is -0.466 e. The molecule has 0 aromatic heterocycles. The summed E-state index contributed by atoms with van der Waals surface area (Å²) in [5.41, 5.74) is 0. The molecule has 1 aliphatic rings. The van der Waals surface area contributed by atoms with Gasteiger partial charge in [-0.1, -0.05) is 12.8 Å². The molecule has 78 valence electrons. The van der Waals surface area contributed by atoms with Crippen molar-refractivity contribution in [2.75, 3.05) is 6.61 Å². The van der Waals surface area contributed by atoms with Gasteiger partial charge < -0.3 is 4.74 Å².